The molecule has 1 aromatic rings. The van der Waals surface area contributed by atoms with Crippen molar-refractivity contribution in [2.24, 2.45) is 5.92 Å². The molecule has 0 bridgehead atoms. The molecule has 1 aliphatic carbocycles. The smallest absolute Gasteiger partial charge is 0.310 e. The minimum Gasteiger partial charge on any atom is -0.461 e. The van der Waals surface area contributed by atoms with Crippen molar-refractivity contribution in [3.63, 3.8) is 0 Å². The van der Waals surface area contributed by atoms with E-state index >= 15 is 0 Å². The number of nitrogens with one attached hydrogen (secondary N) is 1. The van der Waals surface area contributed by atoms with E-state index in [1.807, 2.05) is 49.0 Å². The summed E-state index contributed by atoms with van der Waals surface area (Å²) >= 11 is 1.95. The topological polar surface area (TPSA) is 38.3 Å². The van der Waals surface area contributed by atoms with Gasteiger partial charge in [-0.15, -0.1) is 0 Å². The summed E-state index contributed by atoms with van der Waals surface area (Å²) in [6.45, 7) is 3.96. The van der Waals surface area contributed by atoms with Gasteiger partial charge >= 0.3 is 5.97 Å². The van der Waals surface area contributed by atoms with E-state index in [9.17, 15) is 4.79 Å². The van der Waals surface area contributed by atoms with E-state index in [0.29, 0.717) is 17.9 Å². The Kier molecular flexibility index (Phi) is 6.12. The Bertz CT molecular complexity index is 440. The number of thioether (sulfide) groups is 1. The van der Waals surface area contributed by atoms with Gasteiger partial charge in [-0.05, 0) is 24.7 Å². The van der Waals surface area contributed by atoms with Gasteiger partial charge in [-0.1, -0.05) is 43.7 Å². The lowest BCUT2D eigenvalue weighted by Gasteiger charge is -2.40. The van der Waals surface area contributed by atoms with E-state index in [1.165, 1.54) is 19.3 Å². The van der Waals surface area contributed by atoms with Crippen LogP contribution in [0.15, 0.2) is 30.3 Å². The van der Waals surface area contributed by atoms with E-state index in [0.717, 1.165) is 12.1 Å². The van der Waals surface area contributed by atoms with Crippen molar-refractivity contribution in [1.29, 1.82) is 0 Å². The molecule has 1 N–H and O–H groups in total. The fourth-order valence-electron chi connectivity index (χ4n) is 2.49. The number of hydrogen-bond acceptors (Lipinski definition) is 4. The maximum atomic E-state index is 12.0. The van der Waals surface area contributed by atoms with Crippen molar-refractivity contribution in [2.45, 2.75) is 37.5 Å². The highest BCUT2D eigenvalue weighted by molar-refractivity contribution is 8.00. The molecule has 0 radical (unpaired) electrons. The molecule has 0 saturated heterocycles. The van der Waals surface area contributed by atoms with Crippen LogP contribution in [0.25, 0.3) is 0 Å². The average Bonchev–Trinajstić information content (AvgIpc) is 2.48. The van der Waals surface area contributed by atoms with E-state index < -0.39 is 0 Å². The molecule has 1 fully saturated rings. The molecule has 21 heavy (non-hydrogen) atoms. The molecule has 3 nitrogen and oxygen atoms in total. The zero-order chi connectivity index (χ0) is 15.1. The van der Waals surface area contributed by atoms with Gasteiger partial charge in [0.15, 0.2) is 0 Å². The molecule has 116 valence electrons. The Hall–Kier alpha value is -1.00. The summed E-state index contributed by atoms with van der Waals surface area (Å²) in [5.41, 5.74) is 1.03. The van der Waals surface area contributed by atoms with Crippen LogP contribution >= 0.6 is 11.8 Å². The van der Waals surface area contributed by atoms with Crippen molar-refractivity contribution < 1.29 is 9.53 Å². The molecule has 4 heteroatoms. The first-order valence-electron chi connectivity index (χ1n) is 7.62. The van der Waals surface area contributed by atoms with Crippen LogP contribution in [0.3, 0.4) is 0 Å². The first-order chi connectivity index (χ1) is 10.2. The highest BCUT2D eigenvalue weighted by Crippen LogP contribution is 2.42. The lowest BCUT2D eigenvalue weighted by atomic mass is 9.84. The summed E-state index contributed by atoms with van der Waals surface area (Å²) in [4.78, 5) is 12.0. The third kappa shape index (κ3) is 4.75. The largest absolute Gasteiger partial charge is 0.461 e. The molecular formula is C17H25NO2S. The van der Waals surface area contributed by atoms with E-state index in [4.69, 9.17) is 4.74 Å². The van der Waals surface area contributed by atoms with Gasteiger partial charge in [-0.25, -0.2) is 0 Å². The third-order valence-corrected chi connectivity index (χ3v) is 5.64. The predicted molar refractivity (Wildman–Crippen MR) is 88.4 cm³/mol. The molecule has 1 aromatic carbocycles. The second-order valence-corrected chi connectivity index (χ2v) is 7.14. The fraction of sp³-hybridized carbons (Fsp3) is 0.588. The molecule has 0 heterocycles. The number of esters is 1. The lowest BCUT2D eigenvalue weighted by Crippen LogP contribution is -2.45. The summed E-state index contributed by atoms with van der Waals surface area (Å²) in [6.07, 6.45) is 6.08. The number of carbonyl (C=O) groups is 1. The maximum Gasteiger partial charge on any atom is 0.310 e. The van der Waals surface area contributed by atoms with Crippen LogP contribution in [-0.2, 0) is 16.1 Å². The monoisotopic (exact) mass is 307 g/mol. The molecule has 1 atom stereocenters. The predicted octanol–water partition coefficient (Wildman–Crippen LogP) is 3.24. The third-order valence-electron chi connectivity index (χ3n) is 4.22. The van der Waals surface area contributed by atoms with Gasteiger partial charge in [0, 0.05) is 17.8 Å². The Labute approximate surface area is 131 Å². The van der Waals surface area contributed by atoms with Crippen LogP contribution < -0.4 is 5.32 Å². The minimum absolute atomic E-state index is 0.104. The summed E-state index contributed by atoms with van der Waals surface area (Å²) in [6, 6.07) is 9.80. The van der Waals surface area contributed by atoms with Crippen molar-refractivity contribution in [3.05, 3.63) is 35.9 Å². The van der Waals surface area contributed by atoms with Gasteiger partial charge in [-0.2, -0.15) is 11.8 Å². The van der Waals surface area contributed by atoms with Gasteiger partial charge in [0.1, 0.15) is 6.61 Å². The molecule has 1 saturated carbocycles. The maximum absolute atomic E-state index is 12.0. The van der Waals surface area contributed by atoms with Crippen molar-refractivity contribution in [3.8, 4) is 0 Å². The standard InChI is InChI=1S/C17H25NO2S/c1-14(11-18-13-17(21-2)9-6-10-17)16(19)20-12-15-7-4-3-5-8-15/h3-5,7-8,14,18H,6,9-13H2,1-2H3. The molecule has 0 aliphatic heterocycles. The quantitative estimate of drug-likeness (QED) is 0.748. The Morgan fingerprint density at radius 2 is 2.10 bits per heavy atom. The molecule has 0 spiro atoms. The number of hydrogen-bond donors (Lipinski definition) is 1. The number of benzene rings is 1. The van der Waals surface area contributed by atoms with Crippen LogP contribution in [0.4, 0.5) is 0 Å². The highest BCUT2D eigenvalue weighted by Gasteiger charge is 2.35. The van der Waals surface area contributed by atoms with Gasteiger partial charge in [0.2, 0.25) is 0 Å². The van der Waals surface area contributed by atoms with E-state index in [2.05, 4.69) is 11.6 Å². The van der Waals surface area contributed by atoms with Crippen LogP contribution in [-0.4, -0.2) is 30.1 Å². The highest BCUT2D eigenvalue weighted by atomic mass is 32.2. The Morgan fingerprint density at radius 3 is 2.67 bits per heavy atom. The second-order valence-electron chi connectivity index (χ2n) is 5.87. The summed E-state index contributed by atoms with van der Waals surface area (Å²) in [5.74, 6) is -0.231. The average molecular weight is 307 g/mol. The normalized spacial score (nSPS) is 17.8. The van der Waals surface area contributed by atoms with Crippen LogP contribution in [0.1, 0.15) is 31.7 Å². The number of ether oxygens (including phenoxy) is 1. The summed E-state index contributed by atoms with van der Waals surface area (Å²) in [5, 5.41) is 3.44. The molecule has 0 amide bonds. The van der Waals surface area contributed by atoms with Crippen molar-refractivity contribution in [2.75, 3.05) is 19.3 Å². The molecule has 1 unspecified atom stereocenters. The van der Waals surface area contributed by atoms with Crippen LogP contribution in [0.2, 0.25) is 0 Å². The van der Waals surface area contributed by atoms with E-state index in [-0.39, 0.29) is 11.9 Å². The zero-order valence-corrected chi connectivity index (χ0v) is 13.7. The first-order valence-corrected chi connectivity index (χ1v) is 8.84. The molecular weight excluding hydrogens is 282 g/mol. The fourth-order valence-corrected chi connectivity index (χ4v) is 3.44. The lowest BCUT2D eigenvalue weighted by molar-refractivity contribution is -0.149. The SMILES string of the molecule is CSC1(CNCC(C)C(=O)OCc2ccccc2)CCC1. The number of carbonyl (C=O) groups excluding carboxylic acids is 1. The summed E-state index contributed by atoms with van der Waals surface area (Å²) < 4.78 is 5.77. The molecule has 1 aliphatic rings. The van der Waals surface area contributed by atoms with Gasteiger partial charge in [-0.3, -0.25) is 4.79 Å². The molecule has 2 rings (SSSR count). The van der Waals surface area contributed by atoms with Gasteiger partial charge in [0.05, 0.1) is 5.92 Å². The second kappa shape index (κ2) is 7.85. The Balaban J connectivity index is 1.65. The van der Waals surface area contributed by atoms with Gasteiger partial charge < -0.3 is 10.1 Å². The zero-order valence-electron chi connectivity index (χ0n) is 12.9. The first kappa shape index (κ1) is 16.4. The Morgan fingerprint density at radius 1 is 1.38 bits per heavy atom. The van der Waals surface area contributed by atoms with E-state index in [1.54, 1.807) is 0 Å². The molecule has 0 aromatic heterocycles. The van der Waals surface area contributed by atoms with Crippen LogP contribution in [0, 0.1) is 5.92 Å². The van der Waals surface area contributed by atoms with Gasteiger partial charge in [0.25, 0.3) is 0 Å². The van der Waals surface area contributed by atoms with Crippen molar-refractivity contribution in [1.82, 2.24) is 5.32 Å². The number of rotatable bonds is 8. The summed E-state index contributed by atoms with van der Waals surface area (Å²) in [7, 11) is 0. The van der Waals surface area contributed by atoms with Crippen molar-refractivity contribution >= 4 is 17.7 Å². The van der Waals surface area contributed by atoms with Crippen LogP contribution in [0.5, 0.6) is 0 Å². The minimum atomic E-state index is -0.127.